The molecule has 0 bridgehead atoms. The molecule has 2 amide bonds. The van der Waals surface area contributed by atoms with Crippen molar-refractivity contribution in [1.29, 1.82) is 0 Å². The average molecular weight is 522 g/mol. The predicted molar refractivity (Wildman–Crippen MR) is 154 cm³/mol. The maximum atomic E-state index is 14.1. The second-order valence-electron chi connectivity index (χ2n) is 9.59. The number of carbonyl (C=O) groups is 2. The number of methoxy groups -OCH3 is 2. The number of anilines is 3. The maximum Gasteiger partial charge on any atom is 0.259 e. The minimum Gasteiger partial charge on any atom is -0.497 e. The molecule has 7 heteroatoms. The number of ether oxygens (including phenoxy) is 2. The lowest BCUT2D eigenvalue weighted by molar-refractivity contribution is -0.118. The quantitative estimate of drug-likeness (QED) is 0.328. The molecule has 1 heterocycles. The second kappa shape index (κ2) is 10.9. The molecule has 0 saturated heterocycles. The molecule has 0 radical (unpaired) electrons. The summed E-state index contributed by atoms with van der Waals surface area (Å²) in [5.41, 5.74) is 4.39. The zero-order chi connectivity index (χ0) is 27.5. The van der Waals surface area contributed by atoms with E-state index in [1.807, 2.05) is 110 Å². The van der Waals surface area contributed by atoms with E-state index in [1.165, 1.54) is 0 Å². The van der Waals surface area contributed by atoms with Crippen molar-refractivity contribution in [2.75, 3.05) is 43.4 Å². The summed E-state index contributed by atoms with van der Waals surface area (Å²) in [4.78, 5) is 31.9. The highest BCUT2D eigenvalue weighted by Crippen LogP contribution is 2.46. The second-order valence-corrected chi connectivity index (χ2v) is 9.59. The molecule has 0 saturated carbocycles. The number of rotatable bonds is 7. The van der Waals surface area contributed by atoms with E-state index in [2.05, 4.69) is 5.32 Å². The first-order chi connectivity index (χ1) is 18.9. The van der Waals surface area contributed by atoms with Gasteiger partial charge in [0.1, 0.15) is 11.5 Å². The number of nitrogens with zero attached hydrogens (tertiary/aromatic N) is 2. The Balaban J connectivity index is 1.64. The van der Waals surface area contributed by atoms with Crippen LogP contribution in [0.3, 0.4) is 0 Å². The maximum absolute atomic E-state index is 14.1. The van der Waals surface area contributed by atoms with Crippen molar-refractivity contribution >= 4 is 28.9 Å². The number of benzene rings is 4. The first-order valence-electron chi connectivity index (χ1n) is 12.7. The van der Waals surface area contributed by atoms with Gasteiger partial charge in [0, 0.05) is 36.7 Å². The third kappa shape index (κ3) is 5.03. The summed E-state index contributed by atoms with van der Waals surface area (Å²) in [6.07, 6.45) is 0. The Hall–Kier alpha value is -4.78. The summed E-state index contributed by atoms with van der Waals surface area (Å²) in [5, 5.41) is 3.11. The Morgan fingerprint density at radius 2 is 1.38 bits per heavy atom. The fourth-order valence-electron chi connectivity index (χ4n) is 5.05. The first-order valence-corrected chi connectivity index (χ1v) is 12.7. The van der Waals surface area contributed by atoms with Gasteiger partial charge in [0.05, 0.1) is 26.2 Å². The van der Waals surface area contributed by atoms with Crippen LogP contribution in [0.4, 0.5) is 17.1 Å². The van der Waals surface area contributed by atoms with Gasteiger partial charge in [-0.3, -0.25) is 14.5 Å². The molecule has 0 fully saturated rings. The fraction of sp³-hybridized carbons (Fsp3) is 0.188. The predicted octanol–water partition coefficient (Wildman–Crippen LogP) is 5.89. The van der Waals surface area contributed by atoms with Gasteiger partial charge in [-0.2, -0.15) is 0 Å². The number of fused-ring (bicyclic) bond motifs is 1. The van der Waals surface area contributed by atoms with E-state index in [1.54, 1.807) is 25.2 Å². The lowest BCUT2D eigenvalue weighted by atomic mass is 9.78. The smallest absolute Gasteiger partial charge is 0.259 e. The fourth-order valence-corrected chi connectivity index (χ4v) is 5.05. The van der Waals surface area contributed by atoms with E-state index in [0.29, 0.717) is 34.0 Å². The number of hydrogen-bond donors (Lipinski definition) is 1. The molecule has 39 heavy (non-hydrogen) atoms. The third-order valence-corrected chi connectivity index (χ3v) is 7.08. The molecule has 5 rings (SSSR count). The largest absolute Gasteiger partial charge is 0.497 e. The zero-order valence-corrected chi connectivity index (χ0v) is 22.4. The molecule has 198 valence electrons. The lowest BCUT2D eigenvalue weighted by Gasteiger charge is -2.42. The van der Waals surface area contributed by atoms with Gasteiger partial charge < -0.3 is 19.7 Å². The molecule has 0 spiro atoms. The van der Waals surface area contributed by atoms with Gasteiger partial charge in [-0.1, -0.05) is 30.3 Å². The van der Waals surface area contributed by atoms with Crippen molar-refractivity contribution < 1.29 is 19.1 Å². The number of hydrogen-bond acceptors (Lipinski definition) is 5. The Morgan fingerprint density at radius 3 is 1.97 bits per heavy atom. The monoisotopic (exact) mass is 521 g/mol. The van der Waals surface area contributed by atoms with Crippen LogP contribution in [-0.4, -0.2) is 40.1 Å². The van der Waals surface area contributed by atoms with Gasteiger partial charge >= 0.3 is 0 Å². The molecule has 0 aromatic heterocycles. The van der Waals surface area contributed by atoms with E-state index < -0.39 is 12.0 Å². The highest BCUT2D eigenvalue weighted by Gasteiger charge is 2.45. The third-order valence-electron chi connectivity index (χ3n) is 7.08. The van der Waals surface area contributed by atoms with Crippen LogP contribution in [0.5, 0.6) is 11.5 Å². The lowest BCUT2D eigenvalue weighted by Crippen LogP contribution is -2.46. The van der Waals surface area contributed by atoms with Crippen LogP contribution in [0, 0.1) is 0 Å². The van der Waals surface area contributed by atoms with E-state index in [-0.39, 0.29) is 11.8 Å². The summed E-state index contributed by atoms with van der Waals surface area (Å²) >= 11 is 0. The van der Waals surface area contributed by atoms with Gasteiger partial charge in [-0.15, -0.1) is 0 Å². The highest BCUT2D eigenvalue weighted by molar-refractivity contribution is 6.12. The Bertz CT molecular complexity index is 1470. The zero-order valence-electron chi connectivity index (χ0n) is 22.4. The van der Waals surface area contributed by atoms with Crippen LogP contribution >= 0.6 is 0 Å². The van der Waals surface area contributed by atoms with Crippen LogP contribution < -0.4 is 24.6 Å². The van der Waals surface area contributed by atoms with Crippen molar-refractivity contribution in [2.24, 2.45) is 0 Å². The van der Waals surface area contributed by atoms with E-state index in [0.717, 1.165) is 11.3 Å². The van der Waals surface area contributed by atoms with Crippen LogP contribution in [0.15, 0.2) is 97.1 Å². The molecule has 4 aromatic rings. The van der Waals surface area contributed by atoms with Crippen molar-refractivity contribution in [2.45, 2.75) is 12.0 Å². The standard InChI is InChI=1S/C32H31N3O4/c1-34(2)23-13-11-22(12-14-23)33-31(36)29-27-7-5-6-8-28(27)32(37)35(24-15-19-26(39-4)20-16-24)30(29)21-9-17-25(38-3)18-10-21/h5-20,29-30H,1-4H3,(H,33,36)/t29-,30+/m0/s1. The van der Waals surface area contributed by atoms with Gasteiger partial charge in [-0.25, -0.2) is 0 Å². The molecule has 4 aromatic carbocycles. The average Bonchev–Trinajstić information content (AvgIpc) is 2.97. The first kappa shape index (κ1) is 25.9. The van der Waals surface area contributed by atoms with Gasteiger partial charge in [0.15, 0.2) is 0 Å². The van der Waals surface area contributed by atoms with E-state index in [4.69, 9.17) is 9.47 Å². The summed E-state index contributed by atoms with van der Waals surface area (Å²) < 4.78 is 10.7. The van der Waals surface area contributed by atoms with Crippen molar-refractivity contribution in [3.63, 3.8) is 0 Å². The van der Waals surface area contributed by atoms with Crippen LogP contribution in [0.25, 0.3) is 0 Å². The molecule has 7 nitrogen and oxygen atoms in total. The SMILES string of the molecule is COc1ccc([C@@H]2[C@@H](C(=O)Nc3ccc(N(C)C)cc3)c3ccccc3C(=O)N2c2ccc(OC)cc2)cc1. The molecular weight excluding hydrogens is 490 g/mol. The Kier molecular flexibility index (Phi) is 7.23. The molecule has 1 aliphatic rings. The normalized spacial score (nSPS) is 16.3. The number of nitrogens with one attached hydrogen (secondary N) is 1. The van der Waals surface area contributed by atoms with Crippen LogP contribution in [-0.2, 0) is 4.79 Å². The molecule has 0 aliphatic carbocycles. The molecular formula is C32H31N3O4. The minimum atomic E-state index is -0.678. The number of amides is 2. The van der Waals surface area contributed by atoms with Gasteiger partial charge in [-0.05, 0) is 77.9 Å². The minimum absolute atomic E-state index is 0.170. The topological polar surface area (TPSA) is 71.1 Å². The van der Waals surface area contributed by atoms with E-state index in [9.17, 15) is 9.59 Å². The van der Waals surface area contributed by atoms with Gasteiger partial charge in [0.2, 0.25) is 5.91 Å². The Morgan fingerprint density at radius 1 is 0.795 bits per heavy atom. The molecule has 1 aliphatic heterocycles. The summed E-state index contributed by atoms with van der Waals surface area (Å²) in [7, 11) is 7.15. The molecule has 2 atom stereocenters. The van der Waals surface area contributed by atoms with Crippen LogP contribution in [0.1, 0.15) is 33.4 Å². The van der Waals surface area contributed by atoms with Crippen LogP contribution in [0.2, 0.25) is 0 Å². The summed E-state index contributed by atoms with van der Waals surface area (Å²) in [6, 6.07) is 29.3. The molecule has 1 N–H and O–H groups in total. The summed E-state index contributed by atoms with van der Waals surface area (Å²) in [6.45, 7) is 0. The summed E-state index contributed by atoms with van der Waals surface area (Å²) in [5.74, 6) is 0.324. The van der Waals surface area contributed by atoms with Crippen molar-refractivity contribution in [3.05, 3.63) is 114 Å². The van der Waals surface area contributed by atoms with Gasteiger partial charge in [0.25, 0.3) is 5.91 Å². The van der Waals surface area contributed by atoms with E-state index >= 15 is 0 Å². The van der Waals surface area contributed by atoms with Crippen molar-refractivity contribution in [3.8, 4) is 11.5 Å². The molecule has 0 unspecified atom stereocenters. The van der Waals surface area contributed by atoms with Crippen molar-refractivity contribution in [1.82, 2.24) is 0 Å². The number of carbonyl (C=O) groups excluding carboxylic acids is 2. The highest BCUT2D eigenvalue weighted by atomic mass is 16.5. The Labute approximate surface area is 228 Å².